The fraction of sp³-hybridized carbons (Fsp3) is 0.323. The molecule has 6 nitrogen and oxygen atoms in total. The van der Waals surface area contributed by atoms with Crippen molar-refractivity contribution in [2.24, 2.45) is 0 Å². The van der Waals surface area contributed by atoms with Gasteiger partial charge in [-0.05, 0) is 73.3 Å². The van der Waals surface area contributed by atoms with Gasteiger partial charge in [0.05, 0.1) is 28.0 Å². The average Bonchev–Trinajstić information content (AvgIpc) is 3.27. The zero-order chi connectivity index (χ0) is 28.3. The number of carbonyl (C=O) groups is 1. The number of rotatable bonds is 8. The summed E-state index contributed by atoms with van der Waals surface area (Å²) in [6.07, 6.45) is 7.08. The Balaban J connectivity index is 1.26. The Morgan fingerprint density at radius 1 is 1.00 bits per heavy atom. The standard InChI is InChI=1S/C31H33Cl2N3O3S/c1-40(38,39)36-22-31(25-9-5-6-10-29(25)36)16-19-35(20-17-31)18-15-28(24-12-13-26(32)27(33)21-24)34-30(37)14-11-23-7-3-2-4-8-23/h2-14,21,28H,15-20,22H2,1H3,(H,34,37)/b14-11+. The summed E-state index contributed by atoms with van der Waals surface area (Å²) < 4.78 is 26.6. The number of nitrogens with one attached hydrogen (secondary N) is 1. The molecule has 0 aliphatic carbocycles. The molecule has 2 aliphatic rings. The van der Waals surface area contributed by atoms with E-state index in [0.717, 1.165) is 54.9 Å². The van der Waals surface area contributed by atoms with E-state index in [4.69, 9.17) is 23.2 Å². The lowest BCUT2D eigenvalue weighted by Gasteiger charge is -2.40. The predicted molar refractivity (Wildman–Crippen MR) is 163 cm³/mol. The van der Waals surface area contributed by atoms with Crippen LogP contribution in [-0.2, 0) is 20.2 Å². The third-order valence-corrected chi connectivity index (χ3v) is 9.89. The molecule has 1 atom stereocenters. The molecular weight excluding hydrogens is 565 g/mol. The van der Waals surface area contributed by atoms with Gasteiger partial charge in [0.15, 0.2) is 0 Å². The van der Waals surface area contributed by atoms with E-state index in [1.165, 1.54) is 6.26 Å². The van der Waals surface area contributed by atoms with Gasteiger partial charge in [0.2, 0.25) is 15.9 Å². The Kier molecular flexibility index (Phi) is 8.57. The second-order valence-corrected chi connectivity index (χ2v) is 13.4. The van der Waals surface area contributed by atoms with Gasteiger partial charge in [-0.1, -0.05) is 77.8 Å². The Morgan fingerprint density at radius 3 is 2.40 bits per heavy atom. The van der Waals surface area contributed by atoms with E-state index >= 15 is 0 Å². The molecule has 2 heterocycles. The molecule has 0 bridgehead atoms. The van der Waals surface area contributed by atoms with E-state index in [-0.39, 0.29) is 17.4 Å². The highest BCUT2D eigenvalue weighted by Crippen LogP contribution is 2.47. The molecule has 0 aromatic heterocycles. The molecule has 3 aromatic carbocycles. The van der Waals surface area contributed by atoms with Crippen molar-refractivity contribution in [2.75, 3.05) is 36.7 Å². The molecule has 1 fully saturated rings. The number of anilines is 1. The predicted octanol–water partition coefficient (Wildman–Crippen LogP) is 6.07. The number of benzene rings is 3. The molecule has 1 spiro atoms. The van der Waals surface area contributed by atoms with Crippen molar-refractivity contribution < 1.29 is 13.2 Å². The lowest BCUT2D eigenvalue weighted by Crippen LogP contribution is -2.46. The molecule has 0 saturated carbocycles. The van der Waals surface area contributed by atoms with E-state index in [0.29, 0.717) is 23.0 Å². The Labute approximate surface area is 246 Å². The number of likely N-dealkylation sites (tertiary alicyclic amines) is 1. The van der Waals surface area contributed by atoms with Gasteiger partial charge in [-0.2, -0.15) is 0 Å². The monoisotopic (exact) mass is 597 g/mol. The number of amides is 1. The molecule has 2 aliphatic heterocycles. The normalized spacial score (nSPS) is 17.7. The van der Waals surface area contributed by atoms with Crippen LogP contribution in [0.4, 0.5) is 5.69 Å². The quantitative estimate of drug-likeness (QED) is 0.320. The van der Waals surface area contributed by atoms with Gasteiger partial charge in [0.1, 0.15) is 0 Å². The highest BCUT2D eigenvalue weighted by Gasteiger charge is 2.46. The zero-order valence-corrected chi connectivity index (χ0v) is 24.7. The first-order valence-corrected chi connectivity index (χ1v) is 16.0. The average molecular weight is 599 g/mol. The van der Waals surface area contributed by atoms with Crippen LogP contribution in [0.25, 0.3) is 6.08 Å². The molecule has 9 heteroatoms. The van der Waals surface area contributed by atoms with Crippen molar-refractivity contribution in [2.45, 2.75) is 30.7 Å². The first kappa shape index (κ1) is 28.7. The number of carbonyl (C=O) groups excluding carboxylic acids is 1. The van der Waals surface area contributed by atoms with Crippen molar-refractivity contribution in [3.63, 3.8) is 0 Å². The van der Waals surface area contributed by atoms with E-state index in [2.05, 4.69) is 16.3 Å². The highest BCUT2D eigenvalue weighted by molar-refractivity contribution is 7.92. The van der Waals surface area contributed by atoms with Gasteiger partial charge in [0, 0.05) is 24.6 Å². The first-order valence-electron chi connectivity index (χ1n) is 13.4. The number of piperidine rings is 1. The molecule has 40 heavy (non-hydrogen) atoms. The number of sulfonamides is 1. The second kappa shape index (κ2) is 12.0. The summed E-state index contributed by atoms with van der Waals surface area (Å²) in [5.41, 5.74) is 3.62. The van der Waals surface area contributed by atoms with Crippen LogP contribution >= 0.6 is 23.2 Å². The van der Waals surface area contributed by atoms with Crippen molar-refractivity contribution in [3.05, 3.63) is 106 Å². The Bertz CT molecular complexity index is 1500. The number of hydrogen-bond donors (Lipinski definition) is 1. The summed E-state index contributed by atoms with van der Waals surface area (Å²) in [7, 11) is -3.34. The molecule has 0 radical (unpaired) electrons. The minimum atomic E-state index is -3.34. The van der Waals surface area contributed by atoms with Crippen LogP contribution < -0.4 is 9.62 Å². The van der Waals surface area contributed by atoms with Crippen molar-refractivity contribution in [3.8, 4) is 0 Å². The van der Waals surface area contributed by atoms with Gasteiger partial charge in [-0.3, -0.25) is 9.10 Å². The second-order valence-electron chi connectivity index (χ2n) is 10.7. The van der Waals surface area contributed by atoms with Crippen molar-refractivity contribution >= 4 is 50.9 Å². The zero-order valence-electron chi connectivity index (χ0n) is 22.4. The largest absolute Gasteiger partial charge is 0.346 e. The third-order valence-electron chi connectivity index (χ3n) is 8.03. The Hall–Kier alpha value is -2.84. The molecule has 3 aromatic rings. The van der Waals surface area contributed by atoms with Gasteiger partial charge < -0.3 is 10.2 Å². The lowest BCUT2D eigenvalue weighted by molar-refractivity contribution is -0.117. The summed E-state index contributed by atoms with van der Waals surface area (Å²) in [4.78, 5) is 15.3. The van der Waals surface area contributed by atoms with E-state index in [1.807, 2.05) is 60.7 Å². The van der Waals surface area contributed by atoms with Crippen LogP contribution in [0.1, 0.15) is 42.0 Å². The van der Waals surface area contributed by atoms with Gasteiger partial charge in [-0.15, -0.1) is 0 Å². The van der Waals surface area contributed by atoms with Crippen LogP contribution in [-0.4, -0.2) is 51.7 Å². The number of fused-ring (bicyclic) bond motifs is 2. The number of nitrogens with zero attached hydrogens (tertiary/aromatic N) is 2. The van der Waals surface area contributed by atoms with Gasteiger partial charge in [-0.25, -0.2) is 8.42 Å². The molecule has 5 rings (SSSR count). The van der Waals surface area contributed by atoms with Crippen LogP contribution in [0.3, 0.4) is 0 Å². The summed E-state index contributed by atoms with van der Waals surface area (Å²) in [6.45, 7) is 2.97. The van der Waals surface area contributed by atoms with Crippen LogP contribution in [0.15, 0.2) is 78.9 Å². The maximum atomic E-state index is 12.9. The molecule has 1 saturated heterocycles. The molecule has 1 amide bonds. The van der Waals surface area contributed by atoms with Gasteiger partial charge in [0.25, 0.3) is 0 Å². The Morgan fingerprint density at radius 2 is 1.70 bits per heavy atom. The van der Waals surface area contributed by atoms with E-state index in [1.54, 1.807) is 22.5 Å². The van der Waals surface area contributed by atoms with E-state index in [9.17, 15) is 13.2 Å². The highest BCUT2D eigenvalue weighted by atomic mass is 35.5. The fourth-order valence-electron chi connectivity index (χ4n) is 5.83. The van der Waals surface area contributed by atoms with Crippen LogP contribution in [0.2, 0.25) is 10.0 Å². The SMILES string of the molecule is CS(=O)(=O)N1CC2(CCN(CCC(NC(=O)/C=C/c3ccccc3)c3ccc(Cl)c(Cl)c3)CC2)c2ccccc21. The first-order chi connectivity index (χ1) is 19.1. The topological polar surface area (TPSA) is 69.7 Å². The van der Waals surface area contributed by atoms with Crippen molar-refractivity contribution in [1.29, 1.82) is 0 Å². The number of hydrogen-bond acceptors (Lipinski definition) is 4. The minimum Gasteiger partial charge on any atom is -0.346 e. The molecular formula is C31H33Cl2N3O3S. The maximum absolute atomic E-state index is 12.9. The summed E-state index contributed by atoms with van der Waals surface area (Å²) in [6, 6.07) is 22.8. The smallest absolute Gasteiger partial charge is 0.244 e. The number of halogens is 2. The number of para-hydroxylation sites is 1. The molecule has 1 N–H and O–H groups in total. The minimum absolute atomic E-state index is 0.171. The van der Waals surface area contributed by atoms with Crippen LogP contribution in [0.5, 0.6) is 0 Å². The van der Waals surface area contributed by atoms with Crippen LogP contribution in [0, 0.1) is 0 Å². The van der Waals surface area contributed by atoms with Gasteiger partial charge >= 0.3 is 0 Å². The summed E-state index contributed by atoms with van der Waals surface area (Å²) in [5, 5.41) is 4.07. The fourth-order valence-corrected chi connectivity index (χ4v) is 7.14. The van der Waals surface area contributed by atoms with E-state index < -0.39 is 10.0 Å². The molecule has 1 unspecified atom stereocenters. The lowest BCUT2D eigenvalue weighted by atomic mass is 9.74. The summed E-state index contributed by atoms with van der Waals surface area (Å²) in [5.74, 6) is -0.180. The van der Waals surface area contributed by atoms with Crippen molar-refractivity contribution in [1.82, 2.24) is 10.2 Å². The molecule has 210 valence electrons. The third kappa shape index (κ3) is 6.39. The summed E-state index contributed by atoms with van der Waals surface area (Å²) >= 11 is 12.5. The maximum Gasteiger partial charge on any atom is 0.244 e.